The Morgan fingerprint density at radius 1 is 1.05 bits per heavy atom. The van der Waals surface area contributed by atoms with Crippen LogP contribution in [0, 0.1) is 5.92 Å². The van der Waals surface area contributed by atoms with Gasteiger partial charge in [0.1, 0.15) is 5.60 Å². The second kappa shape index (κ2) is 7.20. The largest absolute Gasteiger partial charge is 0.444 e. The molecule has 0 unspecified atom stereocenters. The Hall–Kier alpha value is -1.46. The van der Waals surface area contributed by atoms with Crippen LogP contribution in [0.5, 0.6) is 0 Å². The van der Waals surface area contributed by atoms with Gasteiger partial charge in [-0.05, 0) is 52.4 Å². The first-order chi connectivity index (χ1) is 10.3. The highest BCUT2D eigenvalue weighted by atomic mass is 16.6. The van der Waals surface area contributed by atoms with Crippen LogP contribution in [-0.2, 0) is 4.74 Å². The highest BCUT2D eigenvalue weighted by Gasteiger charge is 2.27. The molecule has 1 N–H and O–H groups in total. The van der Waals surface area contributed by atoms with Gasteiger partial charge < -0.3 is 19.9 Å². The number of ether oxygens (including phenoxy) is 1. The quantitative estimate of drug-likeness (QED) is 0.852. The molecule has 0 atom stereocenters. The summed E-state index contributed by atoms with van der Waals surface area (Å²) in [5.41, 5.74) is -0.447. The van der Waals surface area contributed by atoms with Gasteiger partial charge in [0.2, 0.25) is 0 Å². The highest BCUT2D eigenvalue weighted by Crippen LogP contribution is 2.19. The smallest absolute Gasteiger partial charge is 0.410 e. The van der Waals surface area contributed by atoms with Gasteiger partial charge in [0, 0.05) is 32.7 Å². The molecule has 0 aromatic rings. The summed E-state index contributed by atoms with van der Waals surface area (Å²) in [6.45, 7) is 9.52. The normalized spacial score (nSPS) is 20.1. The lowest BCUT2D eigenvalue weighted by Crippen LogP contribution is -2.45. The molecule has 2 fully saturated rings. The Labute approximate surface area is 133 Å². The molecule has 0 aromatic heterocycles. The first-order valence-electron chi connectivity index (χ1n) is 8.36. The van der Waals surface area contributed by atoms with Crippen molar-refractivity contribution in [2.45, 2.75) is 52.1 Å². The second-order valence-corrected chi connectivity index (χ2v) is 7.29. The second-order valence-electron chi connectivity index (χ2n) is 7.29. The average molecular weight is 311 g/mol. The molecule has 0 bridgehead atoms. The molecule has 3 amide bonds. The van der Waals surface area contributed by atoms with E-state index in [1.807, 2.05) is 25.7 Å². The minimum atomic E-state index is -0.447. The molecule has 0 spiro atoms. The number of likely N-dealkylation sites (tertiary alicyclic amines) is 2. The van der Waals surface area contributed by atoms with Crippen molar-refractivity contribution in [3.8, 4) is 0 Å². The van der Waals surface area contributed by atoms with Gasteiger partial charge in [0.25, 0.3) is 0 Å². The fourth-order valence-corrected chi connectivity index (χ4v) is 2.91. The Bertz CT molecular complexity index is 392. The maximum atomic E-state index is 12.0. The molecule has 2 heterocycles. The summed E-state index contributed by atoms with van der Waals surface area (Å²) in [5.74, 6) is 0.449. The van der Waals surface area contributed by atoms with E-state index in [4.69, 9.17) is 4.74 Å². The molecular formula is C16H29N3O3. The van der Waals surface area contributed by atoms with Crippen molar-refractivity contribution in [1.29, 1.82) is 0 Å². The van der Waals surface area contributed by atoms with E-state index in [9.17, 15) is 9.59 Å². The number of carbonyl (C=O) groups excluding carboxylic acids is 2. The van der Waals surface area contributed by atoms with Crippen LogP contribution >= 0.6 is 0 Å². The zero-order valence-corrected chi connectivity index (χ0v) is 14.1. The van der Waals surface area contributed by atoms with E-state index < -0.39 is 5.60 Å². The number of amides is 3. The number of hydrogen-bond acceptors (Lipinski definition) is 3. The monoisotopic (exact) mass is 311 g/mol. The van der Waals surface area contributed by atoms with E-state index in [1.165, 1.54) is 0 Å². The fourth-order valence-electron chi connectivity index (χ4n) is 2.91. The molecule has 22 heavy (non-hydrogen) atoms. The van der Waals surface area contributed by atoms with Gasteiger partial charge in [-0.1, -0.05) is 0 Å². The van der Waals surface area contributed by atoms with Crippen molar-refractivity contribution in [2.75, 3.05) is 32.7 Å². The minimum Gasteiger partial charge on any atom is -0.444 e. The number of rotatable bonds is 2. The van der Waals surface area contributed by atoms with Gasteiger partial charge >= 0.3 is 12.1 Å². The maximum Gasteiger partial charge on any atom is 0.410 e. The standard InChI is InChI=1S/C16H29N3O3/c1-16(2,3)22-15(21)19-10-6-13(7-11-19)12-17-14(20)18-8-4-5-9-18/h13H,4-12H2,1-3H3,(H,17,20). The Morgan fingerprint density at radius 3 is 2.18 bits per heavy atom. The van der Waals surface area contributed by atoms with Crippen LogP contribution in [0.1, 0.15) is 46.5 Å². The van der Waals surface area contributed by atoms with Crippen molar-refractivity contribution in [3.05, 3.63) is 0 Å². The van der Waals surface area contributed by atoms with Gasteiger partial charge in [-0.2, -0.15) is 0 Å². The first kappa shape index (κ1) is 16.9. The van der Waals surface area contributed by atoms with E-state index in [1.54, 1.807) is 4.90 Å². The summed E-state index contributed by atoms with van der Waals surface area (Å²) < 4.78 is 5.39. The third kappa shape index (κ3) is 5.07. The molecule has 6 nitrogen and oxygen atoms in total. The van der Waals surface area contributed by atoms with Crippen LogP contribution in [0.2, 0.25) is 0 Å². The maximum absolute atomic E-state index is 12.0. The molecule has 2 aliphatic heterocycles. The molecule has 126 valence electrons. The van der Waals surface area contributed by atoms with Crippen LogP contribution in [-0.4, -0.2) is 60.2 Å². The summed E-state index contributed by atoms with van der Waals surface area (Å²) in [7, 11) is 0. The van der Waals surface area contributed by atoms with Crippen LogP contribution in [0.3, 0.4) is 0 Å². The molecule has 0 aliphatic carbocycles. The predicted octanol–water partition coefficient (Wildman–Crippen LogP) is 2.44. The Morgan fingerprint density at radius 2 is 1.64 bits per heavy atom. The van der Waals surface area contributed by atoms with E-state index in [2.05, 4.69) is 5.32 Å². The zero-order chi connectivity index (χ0) is 16.2. The number of piperidine rings is 1. The van der Waals surface area contributed by atoms with E-state index >= 15 is 0 Å². The van der Waals surface area contributed by atoms with Gasteiger partial charge in [-0.3, -0.25) is 0 Å². The van der Waals surface area contributed by atoms with Crippen LogP contribution in [0.4, 0.5) is 9.59 Å². The van der Waals surface area contributed by atoms with E-state index in [0.717, 1.165) is 38.8 Å². The molecule has 2 aliphatic rings. The predicted molar refractivity (Wildman–Crippen MR) is 84.7 cm³/mol. The van der Waals surface area contributed by atoms with Crippen molar-refractivity contribution in [1.82, 2.24) is 15.1 Å². The molecule has 0 saturated carbocycles. The number of urea groups is 1. The van der Waals surface area contributed by atoms with Crippen LogP contribution in [0.25, 0.3) is 0 Å². The fraction of sp³-hybridized carbons (Fsp3) is 0.875. The van der Waals surface area contributed by atoms with Crippen molar-refractivity contribution in [2.24, 2.45) is 5.92 Å². The molecular weight excluding hydrogens is 282 g/mol. The molecule has 6 heteroatoms. The Balaban J connectivity index is 1.66. The third-order valence-corrected chi connectivity index (χ3v) is 4.20. The zero-order valence-electron chi connectivity index (χ0n) is 14.1. The lowest BCUT2D eigenvalue weighted by Gasteiger charge is -2.33. The van der Waals surface area contributed by atoms with Gasteiger partial charge in [0.05, 0.1) is 0 Å². The topological polar surface area (TPSA) is 61.9 Å². The molecule has 2 saturated heterocycles. The number of hydrogen-bond donors (Lipinski definition) is 1. The van der Waals surface area contributed by atoms with Crippen LogP contribution in [0.15, 0.2) is 0 Å². The third-order valence-electron chi connectivity index (χ3n) is 4.20. The molecule has 2 rings (SSSR count). The number of carbonyl (C=O) groups is 2. The summed E-state index contributed by atoms with van der Waals surface area (Å²) >= 11 is 0. The summed E-state index contributed by atoms with van der Waals surface area (Å²) in [5, 5.41) is 3.03. The van der Waals surface area contributed by atoms with Crippen molar-refractivity contribution in [3.63, 3.8) is 0 Å². The summed E-state index contributed by atoms with van der Waals surface area (Å²) in [6.07, 6.45) is 3.83. The molecule has 0 aromatic carbocycles. The lowest BCUT2D eigenvalue weighted by atomic mass is 9.97. The summed E-state index contributed by atoms with van der Waals surface area (Å²) in [6, 6.07) is 0.0621. The van der Waals surface area contributed by atoms with Gasteiger partial charge in [-0.15, -0.1) is 0 Å². The number of nitrogens with zero attached hydrogens (tertiary/aromatic N) is 2. The number of nitrogens with one attached hydrogen (secondary N) is 1. The Kier molecular flexibility index (Phi) is 5.53. The molecule has 0 radical (unpaired) electrons. The van der Waals surface area contributed by atoms with Gasteiger partial charge in [0.15, 0.2) is 0 Å². The van der Waals surface area contributed by atoms with Crippen molar-refractivity contribution < 1.29 is 14.3 Å². The first-order valence-corrected chi connectivity index (χ1v) is 8.36. The van der Waals surface area contributed by atoms with E-state index in [-0.39, 0.29) is 12.1 Å². The lowest BCUT2D eigenvalue weighted by molar-refractivity contribution is 0.0184. The van der Waals surface area contributed by atoms with Crippen LogP contribution < -0.4 is 5.32 Å². The van der Waals surface area contributed by atoms with Crippen molar-refractivity contribution >= 4 is 12.1 Å². The minimum absolute atomic E-state index is 0.0621. The highest BCUT2D eigenvalue weighted by molar-refractivity contribution is 5.74. The average Bonchev–Trinajstić information content (AvgIpc) is 2.97. The van der Waals surface area contributed by atoms with E-state index in [0.29, 0.717) is 25.6 Å². The summed E-state index contributed by atoms with van der Waals surface area (Å²) in [4.78, 5) is 27.6. The van der Waals surface area contributed by atoms with Gasteiger partial charge in [-0.25, -0.2) is 9.59 Å². The SMILES string of the molecule is CC(C)(C)OC(=O)N1CCC(CNC(=O)N2CCCC2)CC1.